The minimum Gasteiger partial charge on any atom is -0.478 e. The third-order valence-electron chi connectivity index (χ3n) is 2.64. The summed E-state index contributed by atoms with van der Waals surface area (Å²) in [5.41, 5.74) is 0.372. The molecule has 0 bridgehead atoms. The number of carbonyl (C=O) groups is 2. The van der Waals surface area contributed by atoms with E-state index < -0.39 is 17.7 Å². The molecule has 0 fully saturated rings. The molecular weight excluding hydrogens is 365 g/mol. The summed E-state index contributed by atoms with van der Waals surface area (Å²) in [6.45, 7) is 0. The van der Waals surface area contributed by atoms with E-state index in [1.807, 2.05) is 0 Å². The fraction of sp³-hybridized carbons (Fsp3) is 0. The van der Waals surface area contributed by atoms with Gasteiger partial charge in [-0.25, -0.2) is 9.18 Å². The zero-order valence-electron chi connectivity index (χ0n) is 10.4. The van der Waals surface area contributed by atoms with E-state index in [0.29, 0.717) is 0 Å². The van der Waals surface area contributed by atoms with E-state index in [9.17, 15) is 14.0 Å². The lowest BCUT2D eigenvalue weighted by Gasteiger charge is -2.08. The van der Waals surface area contributed by atoms with Crippen molar-refractivity contribution >= 4 is 45.1 Å². The number of carbonyl (C=O) groups excluding carboxylic acids is 1. The van der Waals surface area contributed by atoms with E-state index in [1.54, 1.807) is 0 Å². The Labute approximate surface area is 132 Å². The van der Waals surface area contributed by atoms with Crippen LogP contribution in [0.2, 0.25) is 5.02 Å². The Kier molecular flexibility index (Phi) is 4.59. The number of anilines is 1. The number of amides is 1. The van der Waals surface area contributed by atoms with E-state index in [0.717, 1.165) is 6.07 Å². The second kappa shape index (κ2) is 6.24. The van der Waals surface area contributed by atoms with Gasteiger partial charge in [-0.05, 0) is 52.3 Å². The lowest BCUT2D eigenvalue weighted by Crippen LogP contribution is -2.13. The first kappa shape index (κ1) is 15.5. The Morgan fingerprint density at radius 1 is 1.14 bits per heavy atom. The number of benzene rings is 2. The molecular formula is C14H8BrClFNO3. The van der Waals surface area contributed by atoms with Gasteiger partial charge in [0.1, 0.15) is 5.82 Å². The number of nitrogens with one attached hydrogen (secondary N) is 1. The summed E-state index contributed by atoms with van der Waals surface area (Å²) in [5, 5.41) is 11.6. The van der Waals surface area contributed by atoms with Gasteiger partial charge in [-0.2, -0.15) is 0 Å². The van der Waals surface area contributed by atoms with E-state index in [2.05, 4.69) is 21.2 Å². The van der Waals surface area contributed by atoms with Crippen molar-refractivity contribution in [2.24, 2.45) is 0 Å². The molecule has 0 unspecified atom stereocenters. The summed E-state index contributed by atoms with van der Waals surface area (Å²) in [6.07, 6.45) is 0. The molecule has 0 spiro atoms. The van der Waals surface area contributed by atoms with Crippen molar-refractivity contribution < 1.29 is 19.1 Å². The Morgan fingerprint density at radius 3 is 2.43 bits per heavy atom. The molecule has 2 rings (SSSR count). The van der Waals surface area contributed by atoms with Crippen LogP contribution in [0.15, 0.2) is 40.9 Å². The Balaban J connectivity index is 2.28. The molecule has 7 heteroatoms. The third kappa shape index (κ3) is 3.59. The summed E-state index contributed by atoms with van der Waals surface area (Å²) in [4.78, 5) is 22.9. The number of aromatic carboxylic acids is 1. The van der Waals surface area contributed by atoms with Crippen LogP contribution in [0.25, 0.3) is 0 Å². The number of halogens is 3. The smallest absolute Gasteiger partial charge is 0.335 e. The van der Waals surface area contributed by atoms with Crippen LogP contribution >= 0.6 is 27.5 Å². The van der Waals surface area contributed by atoms with Crippen molar-refractivity contribution in [3.63, 3.8) is 0 Å². The molecule has 0 aliphatic carbocycles. The molecule has 0 aliphatic heterocycles. The highest BCUT2D eigenvalue weighted by Gasteiger charge is 2.12. The van der Waals surface area contributed by atoms with Gasteiger partial charge in [0.2, 0.25) is 0 Å². The zero-order valence-corrected chi connectivity index (χ0v) is 12.7. The molecule has 108 valence electrons. The number of rotatable bonds is 3. The van der Waals surface area contributed by atoms with Crippen molar-refractivity contribution in [2.75, 3.05) is 5.32 Å². The summed E-state index contributed by atoms with van der Waals surface area (Å²) in [7, 11) is 0. The van der Waals surface area contributed by atoms with E-state index in [-0.39, 0.29) is 26.3 Å². The molecule has 0 radical (unpaired) electrons. The molecule has 0 atom stereocenters. The minimum atomic E-state index is -1.13. The molecule has 0 saturated heterocycles. The van der Waals surface area contributed by atoms with Crippen LogP contribution < -0.4 is 5.32 Å². The number of carboxylic acid groups (broad SMARTS) is 1. The maximum Gasteiger partial charge on any atom is 0.335 e. The van der Waals surface area contributed by atoms with Gasteiger partial charge in [0.25, 0.3) is 5.91 Å². The van der Waals surface area contributed by atoms with E-state index in [4.69, 9.17) is 16.7 Å². The molecule has 4 nitrogen and oxygen atoms in total. The van der Waals surface area contributed by atoms with Crippen molar-refractivity contribution in [3.8, 4) is 0 Å². The Bertz CT molecular complexity index is 736. The summed E-state index contributed by atoms with van der Waals surface area (Å²) >= 11 is 8.90. The molecule has 1 amide bonds. The van der Waals surface area contributed by atoms with Crippen molar-refractivity contribution in [1.29, 1.82) is 0 Å². The Hall–Kier alpha value is -1.92. The van der Waals surface area contributed by atoms with Crippen molar-refractivity contribution in [1.82, 2.24) is 0 Å². The average Bonchev–Trinajstić information content (AvgIpc) is 2.43. The van der Waals surface area contributed by atoms with Gasteiger partial charge < -0.3 is 10.4 Å². The highest BCUT2D eigenvalue weighted by molar-refractivity contribution is 9.10. The summed E-state index contributed by atoms with van der Waals surface area (Å²) in [5.74, 6) is -2.15. The molecule has 2 aromatic rings. The van der Waals surface area contributed by atoms with Gasteiger partial charge >= 0.3 is 5.97 Å². The Morgan fingerprint density at radius 2 is 1.81 bits per heavy atom. The third-order valence-corrected chi connectivity index (χ3v) is 3.58. The van der Waals surface area contributed by atoms with Gasteiger partial charge in [-0.3, -0.25) is 4.79 Å². The maximum absolute atomic E-state index is 13.1. The van der Waals surface area contributed by atoms with Crippen molar-refractivity contribution in [3.05, 3.63) is 62.8 Å². The van der Waals surface area contributed by atoms with Crippen LogP contribution in [0.4, 0.5) is 10.1 Å². The monoisotopic (exact) mass is 371 g/mol. The predicted molar refractivity (Wildman–Crippen MR) is 80.5 cm³/mol. The molecule has 0 saturated carbocycles. The number of hydrogen-bond donors (Lipinski definition) is 2. The van der Waals surface area contributed by atoms with Crippen molar-refractivity contribution in [2.45, 2.75) is 0 Å². The molecule has 21 heavy (non-hydrogen) atoms. The number of hydrogen-bond acceptors (Lipinski definition) is 2. The quantitative estimate of drug-likeness (QED) is 0.849. The standard InChI is InChI=1S/C14H8BrClFNO3/c15-9-5-7(2-4-11(9)17)13(19)18-12-6-8(14(20)21)1-3-10(12)16/h1-6H,(H,18,19)(H,20,21). The van der Waals surface area contributed by atoms with Gasteiger partial charge in [-0.1, -0.05) is 11.6 Å². The van der Waals surface area contributed by atoms with Crippen LogP contribution in [0.5, 0.6) is 0 Å². The first-order valence-corrected chi connectivity index (χ1v) is 6.85. The number of carboxylic acids is 1. The largest absolute Gasteiger partial charge is 0.478 e. The predicted octanol–water partition coefficient (Wildman–Crippen LogP) is 4.19. The van der Waals surface area contributed by atoms with Crippen LogP contribution in [-0.2, 0) is 0 Å². The molecule has 0 heterocycles. The summed E-state index contributed by atoms with van der Waals surface area (Å²) < 4.78 is 13.3. The topological polar surface area (TPSA) is 66.4 Å². The minimum absolute atomic E-state index is 0.00464. The SMILES string of the molecule is O=C(O)c1ccc(Cl)c(NC(=O)c2ccc(F)c(Br)c2)c1. The molecule has 0 aliphatic rings. The van der Waals surface area contributed by atoms with Gasteiger partial charge in [0.05, 0.1) is 20.7 Å². The van der Waals surface area contributed by atoms with Gasteiger partial charge in [0.15, 0.2) is 0 Å². The highest BCUT2D eigenvalue weighted by atomic mass is 79.9. The highest BCUT2D eigenvalue weighted by Crippen LogP contribution is 2.24. The molecule has 0 aromatic heterocycles. The maximum atomic E-state index is 13.1. The summed E-state index contributed by atoms with van der Waals surface area (Å²) in [6, 6.07) is 7.73. The van der Waals surface area contributed by atoms with Gasteiger partial charge in [0, 0.05) is 5.56 Å². The van der Waals surface area contributed by atoms with Crippen LogP contribution in [0.3, 0.4) is 0 Å². The van der Waals surface area contributed by atoms with E-state index >= 15 is 0 Å². The second-order valence-electron chi connectivity index (χ2n) is 4.08. The second-order valence-corrected chi connectivity index (χ2v) is 5.34. The zero-order chi connectivity index (χ0) is 15.6. The normalized spacial score (nSPS) is 10.2. The van der Waals surface area contributed by atoms with Gasteiger partial charge in [-0.15, -0.1) is 0 Å². The lowest BCUT2D eigenvalue weighted by molar-refractivity contribution is 0.0696. The van der Waals surface area contributed by atoms with Crippen LogP contribution in [0, 0.1) is 5.82 Å². The van der Waals surface area contributed by atoms with Crippen LogP contribution in [-0.4, -0.2) is 17.0 Å². The fourth-order valence-electron chi connectivity index (χ4n) is 1.59. The molecule has 2 aromatic carbocycles. The molecule has 2 N–H and O–H groups in total. The van der Waals surface area contributed by atoms with E-state index in [1.165, 1.54) is 30.3 Å². The average molecular weight is 373 g/mol. The van der Waals surface area contributed by atoms with Crippen LogP contribution in [0.1, 0.15) is 20.7 Å². The fourth-order valence-corrected chi connectivity index (χ4v) is 2.13. The lowest BCUT2D eigenvalue weighted by atomic mass is 10.1. The first-order chi connectivity index (χ1) is 9.88. The first-order valence-electron chi connectivity index (χ1n) is 5.67.